The van der Waals surface area contributed by atoms with Crippen molar-refractivity contribution in [3.8, 4) is 22.8 Å². The summed E-state index contributed by atoms with van der Waals surface area (Å²) in [5.41, 5.74) is 6.28. The lowest BCUT2D eigenvalue weighted by molar-refractivity contribution is 0.0281. The Morgan fingerprint density at radius 1 is 1.14 bits per heavy atom. The maximum Gasteiger partial charge on any atom is 0.180 e. The first-order valence-corrected chi connectivity index (χ1v) is 12.4. The molecule has 0 bridgehead atoms. The minimum absolute atomic E-state index is 0.230. The summed E-state index contributed by atoms with van der Waals surface area (Å²) in [5.74, 6) is 1.31. The van der Waals surface area contributed by atoms with Crippen molar-refractivity contribution in [3.05, 3.63) is 47.7 Å². The van der Waals surface area contributed by atoms with E-state index in [-0.39, 0.29) is 5.92 Å². The van der Waals surface area contributed by atoms with Gasteiger partial charge in [-0.3, -0.25) is 5.10 Å². The van der Waals surface area contributed by atoms with Crippen LogP contribution in [0.5, 0.6) is 0 Å². The van der Waals surface area contributed by atoms with Crippen LogP contribution in [0.3, 0.4) is 0 Å². The van der Waals surface area contributed by atoms with Gasteiger partial charge in [-0.2, -0.15) is 10.2 Å². The Balaban J connectivity index is 1.38. The number of aryl methyl sites for hydroxylation is 1. The fourth-order valence-corrected chi connectivity index (χ4v) is 5.18. The molecule has 0 saturated carbocycles. The molecular weight excluding hydrogens is 440 g/mol. The van der Waals surface area contributed by atoms with Crippen molar-refractivity contribution < 1.29 is 5.11 Å². The van der Waals surface area contributed by atoms with Crippen LogP contribution in [0.25, 0.3) is 28.4 Å². The second-order valence-electron chi connectivity index (χ2n) is 10.7. The molecule has 0 atom stereocenters. The average molecular weight is 475 g/mol. The summed E-state index contributed by atoms with van der Waals surface area (Å²) >= 11 is 0. The number of pyridine rings is 1. The Bertz CT molecular complexity index is 1310. The standard InChI is InChI=1S/C26H34N8O/c1-16(2)21-22(19-10-17(3)25-29-15-30-34(25)13-19)31-32-23(21)24-27-11-20(12-28-24)18-6-8-33(9-7-18)14-26(4,5)35/h10-13,15-16,18,35H,6-9,14H2,1-5H3,(H,31,32). The van der Waals surface area contributed by atoms with Crippen molar-refractivity contribution in [3.63, 3.8) is 0 Å². The Morgan fingerprint density at radius 2 is 1.86 bits per heavy atom. The van der Waals surface area contributed by atoms with Crippen molar-refractivity contribution in [1.82, 2.24) is 39.7 Å². The molecule has 35 heavy (non-hydrogen) atoms. The maximum atomic E-state index is 10.1. The number of aromatic nitrogens is 7. The smallest absolute Gasteiger partial charge is 0.180 e. The molecule has 4 aromatic heterocycles. The third-order valence-corrected chi connectivity index (χ3v) is 6.78. The topological polar surface area (TPSA) is 108 Å². The first kappa shape index (κ1) is 23.6. The van der Waals surface area contributed by atoms with Gasteiger partial charge in [-0.25, -0.2) is 19.5 Å². The van der Waals surface area contributed by atoms with E-state index in [1.165, 1.54) is 5.56 Å². The highest BCUT2D eigenvalue weighted by Gasteiger charge is 2.26. The fourth-order valence-electron chi connectivity index (χ4n) is 5.18. The second-order valence-corrected chi connectivity index (χ2v) is 10.7. The van der Waals surface area contributed by atoms with Crippen molar-refractivity contribution in [2.24, 2.45) is 0 Å². The van der Waals surface area contributed by atoms with E-state index in [0.29, 0.717) is 18.3 Å². The summed E-state index contributed by atoms with van der Waals surface area (Å²) in [6.07, 6.45) is 9.57. The zero-order valence-corrected chi connectivity index (χ0v) is 21.2. The quantitative estimate of drug-likeness (QED) is 0.435. The number of rotatable bonds is 6. The first-order chi connectivity index (χ1) is 16.7. The third-order valence-electron chi connectivity index (χ3n) is 6.78. The molecule has 9 heteroatoms. The zero-order chi connectivity index (χ0) is 24.7. The zero-order valence-electron chi connectivity index (χ0n) is 21.2. The van der Waals surface area contributed by atoms with Crippen molar-refractivity contribution >= 4 is 5.65 Å². The molecule has 4 aromatic rings. The van der Waals surface area contributed by atoms with Gasteiger partial charge >= 0.3 is 0 Å². The van der Waals surface area contributed by atoms with Gasteiger partial charge in [-0.15, -0.1) is 0 Å². The van der Waals surface area contributed by atoms with Crippen LogP contribution in [0.4, 0.5) is 0 Å². The highest BCUT2D eigenvalue weighted by molar-refractivity contribution is 5.73. The van der Waals surface area contributed by atoms with Gasteiger partial charge in [0, 0.05) is 36.3 Å². The molecule has 184 valence electrons. The van der Waals surface area contributed by atoms with E-state index in [2.05, 4.69) is 45.1 Å². The van der Waals surface area contributed by atoms with Crippen LogP contribution in [-0.4, -0.2) is 70.0 Å². The number of hydrogen-bond donors (Lipinski definition) is 2. The fraction of sp³-hybridized carbons (Fsp3) is 0.500. The number of piperidine rings is 1. The van der Waals surface area contributed by atoms with Crippen LogP contribution in [0, 0.1) is 6.92 Å². The molecular formula is C26H34N8O. The summed E-state index contributed by atoms with van der Waals surface area (Å²) in [5, 5.41) is 22.3. The normalized spacial score (nSPS) is 16.0. The van der Waals surface area contributed by atoms with E-state index in [1.807, 2.05) is 39.4 Å². The van der Waals surface area contributed by atoms with E-state index in [9.17, 15) is 5.11 Å². The molecule has 2 N–H and O–H groups in total. The van der Waals surface area contributed by atoms with Crippen LogP contribution in [0.2, 0.25) is 0 Å². The highest BCUT2D eigenvalue weighted by Crippen LogP contribution is 2.35. The van der Waals surface area contributed by atoms with E-state index < -0.39 is 5.60 Å². The van der Waals surface area contributed by atoms with E-state index in [0.717, 1.165) is 59.7 Å². The second kappa shape index (κ2) is 9.13. The average Bonchev–Trinajstić information content (AvgIpc) is 3.46. The first-order valence-electron chi connectivity index (χ1n) is 12.4. The lowest BCUT2D eigenvalue weighted by Crippen LogP contribution is -2.42. The van der Waals surface area contributed by atoms with Gasteiger partial charge in [0.15, 0.2) is 11.5 Å². The molecule has 0 aliphatic carbocycles. The van der Waals surface area contributed by atoms with Crippen molar-refractivity contribution in [1.29, 1.82) is 0 Å². The maximum absolute atomic E-state index is 10.1. The molecule has 5 heterocycles. The molecule has 5 rings (SSSR count). The molecule has 0 spiro atoms. The Morgan fingerprint density at radius 3 is 2.51 bits per heavy atom. The van der Waals surface area contributed by atoms with Crippen LogP contribution in [0.1, 0.15) is 69.1 Å². The lowest BCUT2D eigenvalue weighted by atomic mass is 9.90. The number of H-pyrrole nitrogens is 1. The highest BCUT2D eigenvalue weighted by atomic mass is 16.3. The van der Waals surface area contributed by atoms with E-state index in [1.54, 1.807) is 10.8 Å². The van der Waals surface area contributed by atoms with Crippen molar-refractivity contribution in [2.75, 3.05) is 19.6 Å². The number of nitrogens with one attached hydrogen (secondary N) is 1. The lowest BCUT2D eigenvalue weighted by Gasteiger charge is -2.35. The number of hydrogen-bond acceptors (Lipinski definition) is 7. The molecule has 1 saturated heterocycles. The minimum atomic E-state index is -0.659. The summed E-state index contributed by atoms with van der Waals surface area (Å²) in [4.78, 5) is 16.1. The van der Waals surface area contributed by atoms with Gasteiger partial charge in [0.2, 0.25) is 0 Å². The van der Waals surface area contributed by atoms with Gasteiger partial charge in [-0.05, 0) is 75.7 Å². The number of fused-ring (bicyclic) bond motifs is 1. The van der Waals surface area contributed by atoms with Gasteiger partial charge in [0.05, 0.1) is 11.3 Å². The number of aromatic amines is 1. The third kappa shape index (κ3) is 4.83. The van der Waals surface area contributed by atoms with Gasteiger partial charge < -0.3 is 10.0 Å². The Hall–Kier alpha value is -3.17. The number of nitrogens with zero attached hydrogens (tertiary/aromatic N) is 7. The minimum Gasteiger partial charge on any atom is -0.389 e. The predicted molar refractivity (Wildman–Crippen MR) is 135 cm³/mol. The summed E-state index contributed by atoms with van der Waals surface area (Å²) in [6, 6.07) is 2.11. The molecule has 0 radical (unpaired) electrons. The van der Waals surface area contributed by atoms with Crippen LogP contribution >= 0.6 is 0 Å². The van der Waals surface area contributed by atoms with Gasteiger partial charge in [0.1, 0.15) is 12.0 Å². The predicted octanol–water partition coefficient (Wildman–Crippen LogP) is 3.96. The molecule has 0 amide bonds. The Labute approximate surface area is 205 Å². The number of aliphatic hydroxyl groups is 1. The molecule has 0 unspecified atom stereocenters. The molecule has 1 fully saturated rings. The van der Waals surface area contributed by atoms with E-state index in [4.69, 9.17) is 9.97 Å². The monoisotopic (exact) mass is 474 g/mol. The van der Waals surface area contributed by atoms with Gasteiger partial charge in [-0.1, -0.05) is 13.8 Å². The van der Waals surface area contributed by atoms with Crippen LogP contribution in [0.15, 0.2) is 31.0 Å². The molecule has 0 aromatic carbocycles. The van der Waals surface area contributed by atoms with Crippen LogP contribution < -0.4 is 0 Å². The molecule has 1 aliphatic rings. The van der Waals surface area contributed by atoms with E-state index >= 15 is 0 Å². The largest absolute Gasteiger partial charge is 0.389 e. The van der Waals surface area contributed by atoms with Gasteiger partial charge in [0.25, 0.3) is 0 Å². The summed E-state index contributed by atoms with van der Waals surface area (Å²) in [7, 11) is 0. The number of likely N-dealkylation sites (tertiary alicyclic amines) is 1. The summed E-state index contributed by atoms with van der Waals surface area (Å²) < 4.78 is 1.80. The Kier molecular flexibility index (Phi) is 6.14. The van der Waals surface area contributed by atoms with Crippen LogP contribution in [-0.2, 0) is 0 Å². The molecule has 1 aliphatic heterocycles. The number of β-amino-alcohol motifs (C(OH)–C–C–N with tert-alkyl or cyclic N) is 1. The molecule has 9 nitrogen and oxygen atoms in total. The summed E-state index contributed by atoms with van der Waals surface area (Å²) in [6.45, 7) is 12.8. The van der Waals surface area contributed by atoms with Crippen molar-refractivity contribution in [2.45, 2.75) is 64.9 Å². The SMILES string of the molecule is Cc1cc(-c2[nH]nc(-c3ncc(C4CCN(CC(C)(C)O)CC4)cn3)c2C(C)C)cn2ncnc12.